The van der Waals surface area contributed by atoms with Gasteiger partial charge < -0.3 is 14.8 Å². The molecule has 1 aromatic rings. The Bertz CT molecular complexity index is 664. The molecule has 1 saturated carbocycles. The second-order valence-corrected chi connectivity index (χ2v) is 8.85. The van der Waals surface area contributed by atoms with E-state index in [2.05, 4.69) is 15.6 Å². The molecule has 0 spiro atoms. The predicted octanol–water partition coefficient (Wildman–Crippen LogP) is 2.59. The second kappa shape index (κ2) is 9.76. The summed E-state index contributed by atoms with van der Waals surface area (Å²) in [6.07, 6.45) is 5.94. The van der Waals surface area contributed by atoms with E-state index in [4.69, 9.17) is 9.47 Å². The number of carbonyl (C=O) groups excluding carboxylic acids is 1. The van der Waals surface area contributed by atoms with Gasteiger partial charge in [0.2, 0.25) is 0 Å². The minimum Gasteiger partial charge on any atom is -0.484 e. The van der Waals surface area contributed by atoms with Crippen molar-refractivity contribution in [3.63, 3.8) is 0 Å². The number of nitrogens with one attached hydrogen (secondary N) is 2. The van der Waals surface area contributed by atoms with E-state index in [9.17, 15) is 4.79 Å². The first kappa shape index (κ1) is 19.7. The standard InChI is InChI=1S/C21H29N3O3S/c25-20(13-26-16-7-2-1-3-8-16)23-12-21-24-15-6-4-5-9-18(27-21)17(10-15)19-11-22-14-28-19/h1-3,7-8,14-15,17-19,21,24H,4-6,9-13H2,(H,23,25). The molecule has 0 radical (unpaired) electrons. The smallest absolute Gasteiger partial charge is 0.258 e. The Kier molecular flexibility index (Phi) is 6.88. The lowest BCUT2D eigenvalue weighted by molar-refractivity contribution is -0.124. The number of carbonyl (C=O) groups is 1. The van der Waals surface area contributed by atoms with E-state index in [-0.39, 0.29) is 24.8 Å². The molecule has 2 fully saturated rings. The van der Waals surface area contributed by atoms with Crippen LogP contribution in [0.4, 0.5) is 0 Å². The topological polar surface area (TPSA) is 72.0 Å². The molecule has 5 atom stereocenters. The van der Waals surface area contributed by atoms with Crippen molar-refractivity contribution < 1.29 is 14.3 Å². The van der Waals surface area contributed by atoms with Crippen molar-refractivity contribution in [2.24, 2.45) is 10.9 Å². The number of benzene rings is 1. The summed E-state index contributed by atoms with van der Waals surface area (Å²) in [6, 6.07) is 9.84. The molecule has 3 aliphatic rings. The van der Waals surface area contributed by atoms with Crippen LogP contribution in [-0.2, 0) is 9.53 Å². The minimum atomic E-state index is -0.147. The zero-order chi connectivity index (χ0) is 19.2. The maximum atomic E-state index is 12.2. The van der Waals surface area contributed by atoms with Crippen LogP contribution >= 0.6 is 11.8 Å². The highest BCUT2D eigenvalue weighted by atomic mass is 32.2. The van der Waals surface area contributed by atoms with E-state index in [1.807, 2.05) is 47.6 Å². The Morgan fingerprint density at radius 3 is 2.96 bits per heavy atom. The van der Waals surface area contributed by atoms with Crippen LogP contribution in [0.2, 0.25) is 0 Å². The van der Waals surface area contributed by atoms with Crippen molar-refractivity contribution in [1.29, 1.82) is 0 Å². The molecule has 152 valence electrons. The van der Waals surface area contributed by atoms with Crippen LogP contribution in [0.1, 0.15) is 32.1 Å². The van der Waals surface area contributed by atoms with Gasteiger partial charge in [-0.15, -0.1) is 11.8 Å². The summed E-state index contributed by atoms with van der Waals surface area (Å²) >= 11 is 1.85. The molecule has 5 unspecified atom stereocenters. The van der Waals surface area contributed by atoms with Gasteiger partial charge in [-0.25, -0.2) is 0 Å². The third kappa shape index (κ3) is 5.27. The largest absolute Gasteiger partial charge is 0.484 e. The van der Waals surface area contributed by atoms with E-state index >= 15 is 0 Å². The number of para-hydroxylation sites is 1. The first-order valence-electron chi connectivity index (χ1n) is 10.3. The van der Waals surface area contributed by atoms with Gasteiger partial charge >= 0.3 is 0 Å². The molecular formula is C21H29N3O3S. The monoisotopic (exact) mass is 403 g/mol. The molecule has 6 nitrogen and oxygen atoms in total. The lowest BCUT2D eigenvalue weighted by Crippen LogP contribution is -2.47. The van der Waals surface area contributed by atoms with Crippen LogP contribution in [-0.4, -0.2) is 54.8 Å². The lowest BCUT2D eigenvalue weighted by Gasteiger charge is -2.32. The van der Waals surface area contributed by atoms with Gasteiger partial charge in [0.25, 0.3) is 5.91 Å². The average molecular weight is 404 g/mol. The van der Waals surface area contributed by atoms with Crippen LogP contribution in [0.15, 0.2) is 35.3 Å². The fourth-order valence-corrected chi connectivity index (χ4v) is 5.34. The maximum absolute atomic E-state index is 12.2. The first-order valence-corrected chi connectivity index (χ1v) is 11.2. The Morgan fingerprint density at radius 1 is 1.29 bits per heavy atom. The van der Waals surface area contributed by atoms with Gasteiger partial charge in [0, 0.05) is 17.2 Å². The molecule has 1 aromatic carbocycles. The van der Waals surface area contributed by atoms with E-state index in [1.165, 1.54) is 19.3 Å². The molecule has 2 aliphatic heterocycles. The zero-order valence-corrected chi connectivity index (χ0v) is 16.9. The molecule has 1 saturated heterocycles. The van der Waals surface area contributed by atoms with Crippen LogP contribution in [0.25, 0.3) is 0 Å². The fourth-order valence-electron chi connectivity index (χ4n) is 4.35. The molecule has 1 amide bonds. The van der Waals surface area contributed by atoms with E-state index < -0.39 is 0 Å². The maximum Gasteiger partial charge on any atom is 0.258 e. The van der Waals surface area contributed by atoms with Gasteiger partial charge in [-0.2, -0.15) is 0 Å². The minimum absolute atomic E-state index is 0.0161. The number of amides is 1. The van der Waals surface area contributed by atoms with Gasteiger partial charge in [0.1, 0.15) is 12.0 Å². The summed E-state index contributed by atoms with van der Waals surface area (Å²) in [5.41, 5.74) is 1.99. The molecular weight excluding hydrogens is 374 g/mol. The molecule has 0 aromatic heterocycles. The van der Waals surface area contributed by atoms with Crippen molar-refractivity contribution in [2.45, 2.75) is 55.7 Å². The van der Waals surface area contributed by atoms with Crippen LogP contribution in [0.5, 0.6) is 5.75 Å². The normalized spacial score (nSPS) is 32.4. The quantitative estimate of drug-likeness (QED) is 0.764. The van der Waals surface area contributed by atoms with E-state index in [1.54, 1.807) is 0 Å². The number of fused-ring (bicyclic) bond motifs is 3. The summed E-state index contributed by atoms with van der Waals surface area (Å²) in [5, 5.41) is 7.13. The van der Waals surface area contributed by atoms with Crippen molar-refractivity contribution in [3.8, 4) is 5.75 Å². The van der Waals surface area contributed by atoms with E-state index in [0.717, 1.165) is 19.4 Å². The molecule has 7 heteroatoms. The Labute approximate surface area is 170 Å². The summed E-state index contributed by atoms with van der Waals surface area (Å²) in [4.78, 5) is 16.6. The predicted molar refractivity (Wildman–Crippen MR) is 112 cm³/mol. The fraction of sp³-hybridized carbons (Fsp3) is 0.619. The van der Waals surface area contributed by atoms with Crippen LogP contribution in [0.3, 0.4) is 0 Å². The zero-order valence-electron chi connectivity index (χ0n) is 16.1. The summed E-state index contributed by atoms with van der Waals surface area (Å²) in [5.74, 6) is 1.09. The second-order valence-electron chi connectivity index (χ2n) is 7.76. The summed E-state index contributed by atoms with van der Waals surface area (Å²) < 4.78 is 12.0. The number of hydrogen-bond acceptors (Lipinski definition) is 6. The highest BCUT2D eigenvalue weighted by Crippen LogP contribution is 2.37. The SMILES string of the molecule is O=C(COc1ccccc1)NCC1NC2CCCCC(O1)C(C1CN=CS1)C2. The Balaban J connectivity index is 1.30. The molecule has 28 heavy (non-hydrogen) atoms. The number of nitrogens with zero attached hydrogens (tertiary/aromatic N) is 1. The van der Waals surface area contributed by atoms with E-state index in [0.29, 0.717) is 29.5 Å². The van der Waals surface area contributed by atoms with Gasteiger partial charge in [0.05, 0.1) is 24.7 Å². The number of thioether (sulfide) groups is 1. The number of rotatable bonds is 6. The van der Waals surface area contributed by atoms with Crippen LogP contribution < -0.4 is 15.4 Å². The number of ether oxygens (including phenoxy) is 2. The average Bonchev–Trinajstić information content (AvgIpc) is 3.20. The molecule has 4 rings (SSSR count). The highest BCUT2D eigenvalue weighted by molar-refractivity contribution is 8.12. The third-order valence-electron chi connectivity index (χ3n) is 5.76. The molecule has 2 heterocycles. The Hall–Kier alpha value is -1.57. The number of aliphatic imine (C=N–C) groups is 1. The summed E-state index contributed by atoms with van der Waals surface area (Å²) in [7, 11) is 0. The lowest BCUT2D eigenvalue weighted by atomic mass is 9.84. The van der Waals surface area contributed by atoms with Crippen molar-refractivity contribution >= 4 is 23.2 Å². The molecule has 1 aliphatic carbocycles. The Morgan fingerprint density at radius 2 is 2.14 bits per heavy atom. The molecule has 2 N–H and O–H groups in total. The van der Waals surface area contributed by atoms with Crippen molar-refractivity contribution in [2.75, 3.05) is 19.7 Å². The summed E-state index contributed by atoms with van der Waals surface area (Å²) in [6.45, 7) is 1.38. The van der Waals surface area contributed by atoms with Gasteiger partial charge in [-0.05, 0) is 31.4 Å². The van der Waals surface area contributed by atoms with Crippen molar-refractivity contribution in [3.05, 3.63) is 30.3 Å². The van der Waals surface area contributed by atoms with Gasteiger partial charge in [-0.3, -0.25) is 15.1 Å². The highest BCUT2D eigenvalue weighted by Gasteiger charge is 2.39. The third-order valence-corrected chi connectivity index (χ3v) is 6.88. The first-order chi connectivity index (χ1) is 13.8. The van der Waals surface area contributed by atoms with Crippen molar-refractivity contribution in [1.82, 2.24) is 10.6 Å². The van der Waals surface area contributed by atoms with Gasteiger partial charge in [0.15, 0.2) is 6.61 Å². The van der Waals surface area contributed by atoms with Gasteiger partial charge in [-0.1, -0.05) is 31.0 Å². The molecule has 2 bridgehead atoms. The number of hydrogen-bond donors (Lipinski definition) is 2. The van der Waals surface area contributed by atoms with Crippen LogP contribution in [0, 0.1) is 5.92 Å².